The molecule has 1 heterocycles. The SMILES string of the molecule is CC(=O)[C@H]1CC[C@H](C(C)C)CO1. The fourth-order valence-corrected chi connectivity index (χ4v) is 1.62. The van der Waals surface area contributed by atoms with Crippen molar-refractivity contribution in [3.8, 4) is 0 Å². The topological polar surface area (TPSA) is 26.3 Å². The third kappa shape index (κ3) is 2.31. The fraction of sp³-hybridized carbons (Fsp3) is 0.900. The van der Waals surface area contributed by atoms with Crippen molar-refractivity contribution in [3.05, 3.63) is 0 Å². The molecule has 0 aromatic carbocycles. The van der Waals surface area contributed by atoms with Crippen molar-refractivity contribution < 1.29 is 9.53 Å². The first-order valence-electron chi connectivity index (χ1n) is 4.73. The van der Waals surface area contributed by atoms with E-state index in [0.717, 1.165) is 19.4 Å². The van der Waals surface area contributed by atoms with Gasteiger partial charge in [-0.2, -0.15) is 0 Å². The van der Waals surface area contributed by atoms with Crippen LogP contribution in [-0.2, 0) is 9.53 Å². The summed E-state index contributed by atoms with van der Waals surface area (Å²) in [6.07, 6.45) is 1.94. The third-order valence-electron chi connectivity index (χ3n) is 2.71. The van der Waals surface area contributed by atoms with E-state index in [4.69, 9.17) is 4.74 Å². The lowest BCUT2D eigenvalue weighted by molar-refractivity contribution is -0.133. The molecule has 0 N–H and O–H groups in total. The normalized spacial score (nSPS) is 30.7. The van der Waals surface area contributed by atoms with E-state index in [1.807, 2.05) is 0 Å². The molecule has 0 aromatic heterocycles. The molecule has 0 bridgehead atoms. The Labute approximate surface area is 74.3 Å². The van der Waals surface area contributed by atoms with Gasteiger partial charge in [-0.05, 0) is 31.6 Å². The second-order valence-electron chi connectivity index (χ2n) is 4.01. The number of ether oxygens (including phenoxy) is 1. The predicted octanol–water partition coefficient (Wildman–Crippen LogP) is 2.03. The number of carbonyl (C=O) groups excluding carboxylic acids is 1. The van der Waals surface area contributed by atoms with Crippen molar-refractivity contribution in [1.29, 1.82) is 0 Å². The van der Waals surface area contributed by atoms with Crippen molar-refractivity contribution in [1.82, 2.24) is 0 Å². The second-order valence-corrected chi connectivity index (χ2v) is 4.01. The number of carbonyl (C=O) groups is 1. The van der Waals surface area contributed by atoms with Crippen LogP contribution in [0.15, 0.2) is 0 Å². The summed E-state index contributed by atoms with van der Waals surface area (Å²) in [7, 11) is 0. The van der Waals surface area contributed by atoms with Crippen LogP contribution in [0, 0.1) is 11.8 Å². The van der Waals surface area contributed by atoms with Crippen molar-refractivity contribution in [2.45, 2.75) is 39.7 Å². The van der Waals surface area contributed by atoms with E-state index >= 15 is 0 Å². The van der Waals surface area contributed by atoms with Crippen LogP contribution in [0.25, 0.3) is 0 Å². The van der Waals surface area contributed by atoms with Crippen molar-refractivity contribution in [2.24, 2.45) is 11.8 Å². The van der Waals surface area contributed by atoms with E-state index in [1.165, 1.54) is 0 Å². The van der Waals surface area contributed by atoms with Gasteiger partial charge in [0.25, 0.3) is 0 Å². The number of hydrogen-bond acceptors (Lipinski definition) is 2. The van der Waals surface area contributed by atoms with Gasteiger partial charge >= 0.3 is 0 Å². The molecule has 1 rings (SSSR count). The van der Waals surface area contributed by atoms with E-state index in [-0.39, 0.29) is 11.9 Å². The fourth-order valence-electron chi connectivity index (χ4n) is 1.62. The van der Waals surface area contributed by atoms with E-state index in [0.29, 0.717) is 11.8 Å². The van der Waals surface area contributed by atoms with Crippen LogP contribution >= 0.6 is 0 Å². The van der Waals surface area contributed by atoms with Crippen molar-refractivity contribution in [3.63, 3.8) is 0 Å². The Morgan fingerprint density at radius 3 is 2.42 bits per heavy atom. The first-order valence-corrected chi connectivity index (χ1v) is 4.73. The lowest BCUT2D eigenvalue weighted by Gasteiger charge is -2.29. The summed E-state index contributed by atoms with van der Waals surface area (Å²) >= 11 is 0. The van der Waals surface area contributed by atoms with Crippen molar-refractivity contribution in [2.75, 3.05) is 6.61 Å². The van der Waals surface area contributed by atoms with Gasteiger partial charge in [0.1, 0.15) is 6.10 Å². The minimum absolute atomic E-state index is 0.111. The summed E-state index contributed by atoms with van der Waals surface area (Å²) in [6, 6.07) is 0. The Morgan fingerprint density at radius 2 is 2.08 bits per heavy atom. The first-order chi connectivity index (χ1) is 5.61. The molecule has 1 saturated heterocycles. The summed E-state index contributed by atoms with van der Waals surface area (Å²) in [4.78, 5) is 11.0. The van der Waals surface area contributed by atoms with Gasteiger partial charge in [0, 0.05) is 0 Å². The minimum atomic E-state index is -0.111. The lowest BCUT2D eigenvalue weighted by atomic mass is 9.88. The summed E-state index contributed by atoms with van der Waals surface area (Å²) in [5, 5.41) is 0. The zero-order chi connectivity index (χ0) is 9.14. The molecule has 2 nitrogen and oxygen atoms in total. The Kier molecular flexibility index (Phi) is 3.27. The molecule has 12 heavy (non-hydrogen) atoms. The van der Waals surface area contributed by atoms with Crippen LogP contribution in [0.5, 0.6) is 0 Å². The summed E-state index contributed by atoms with van der Waals surface area (Å²) in [5.41, 5.74) is 0. The van der Waals surface area contributed by atoms with Gasteiger partial charge in [0.2, 0.25) is 0 Å². The van der Waals surface area contributed by atoms with Gasteiger partial charge < -0.3 is 4.74 Å². The maximum atomic E-state index is 11.0. The summed E-state index contributed by atoms with van der Waals surface area (Å²) in [6.45, 7) is 6.80. The van der Waals surface area contributed by atoms with E-state index in [9.17, 15) is 4.79 Å². The number of hydrogen-bond donors (Lipinski definition) is 0. The Bertz CT molecular complexity index is 155. The molecule has 1 aliphatic rings. The quantitative estimate of drug-likeness (QED) is 0.633. The zero-order valence-corrected chi connectivity index (χ0v) is 8.17. The first kappa shape index (κ1) is 9.72. The molecule has 0 amide bonds. The number of ketones is 1. The lowest BCUT2D eigenvalue weighted by Crippen LogP contribution is -2.32. The average Bonchev–Trinajstić information content (AvgIpc) is 2.04. The Morgan fingerprint density at radius 1 is 1.42 bits per heavy atom. The third-order valence-corrected chi connectivity index (χ3v) is 2.71. The molecular weight excluding hydrogens is 152 g/mol. The molecule has 1 fully saturated rings. The van der Waals surface area contributed by atoms with E-state index in [1.54, 1.807) is 6.92 Å². The van der Waals surface area contributed by atoms with Gasteiger partial charge in [-0.25, -0.2) is 0 Å². The van der Waals surface area contributed by atoms with Gasteiger partial charge in [-0.1, -0.05) is 13.8 Å². The average molecular weight is 170 g/mol. The second kappa shape index (κ2) is 4.04. The zero-order valence-electron chi connectivity index (χ0n) is 8.17. The molecule has 0 radical (unpaired) electrons. The molecule has 0 unspecified atom stereocenters. The smallest absolute Gasteiger partial charge is 0.158 e. The van der Waals surface area contributed by atoms with Crippen LogP contribution < -0.4 is 0 Å². The highest BCUT2D eigenvalue weighted by Gasteiger charge is 2.25. The molecule has 0 aromatic rings. The highest BCUT2D eigenvalue weighted by Crippen LogP contribution is 2.25. The van der Waals surface area contributed by atoms with Gasteiger partial charge in [-0.15, -0.1) is 0 Å². The molecule has 0 spiro atoms. The predicted molar refractivity (Wildman–Crippen MR) is 48.0 cm³/mol. The number of rotatable bonds is 2. The molecule has 2 heteroatoms. The van der Waals surface area contributed by atoms with Crippen LogP contribution in [0.1, 0.15) is 33.6 Å². The standard InChI is InChI=1S/C10H18O2/c1-7(2)9-4-5-10(8(3)11)12-6-9/h7,9-10H,4-6H2,1-3H3/t9-,10+/m0/s1. The van der Waals surface area contributed by atoms with Crippen molar-refractivity contribution >= 4 is 5.78 Å². The molecule has 70 valence electrons. The monoisotopic (exact) mass is 170 g/mol. The Balaban J connectivity index is 2.34. The van der Waals surface area contributed by atoms with Crippen LogP contribution in [-0.4, -0.2) is 18.5 Å². The van der Waals surface area contributed by atoms with Gasteiger partial charge in [-0.3, -0.25) is 4.79 Å². The molecule has 0 saturated carbocycles. The molecule has 2 atom stereocenters. The maximum Gasteiger partial charge on any atom is 0.158 e. The largest absolute Gasteiger partial charge is 0.370 e. The highest BCUT2D eigenvalue weighted by atomic mass is 16.5. The van der Waals surface area contributed by atoms with Crippen LogP contribution in [0.3, 0.4) is 0 Å². The van der Waals surface area contributed by atoms with Crippen LogP contribution in [0.2, 0.25) is 0 Å². The molecule has 1 aliphatic heterocycles. The maximum absolute atomic E-state index is 11.0. The van der Waals surface area contributed by atoms with Crippen LogP contribution in [0.4, 0.5) is 0 Å². The Hall–Kier alpha value is -0.370. The molecule has 0 aliphatic carbocycles. The molecular formula is C10H18O2. The van der Waals surface area contributed by atoms with Gasteiger partial charge in [0.15, 0.2) is 5.78 Å². The number of Topliss-reactive ketones (excluding diaryl/α,β-unsaturated/α-hetero) is 1. The summed E-state index contributed by atoms with van der Waals surface area (Å²) < 4.78 is 5.46. The summed E-state index contributed by atoms with van der Waals surface area (Å²) in [5.74, 6) is 1.51. The minimum Gasteiger partial charge on any atom is -0.370 e. The van der Waals surface area contributed by atoms with Gasteiger partial charge in [0.05, 0.1) is 6.61 Å². The van der Waals surface area contributed by atoms with E-state index < -0.39 is 0 Å². The highest BCUT2D eigenvalue weighted by molar-refractivity contribution is 5.80. The van der Waals surface area contributed by atoms with E-state index in [2.05, 4.69) is 13.8 Å².